The van der Waals surface area contributed by atoms with Gasteiger partial charge in [-0.3, -0.25) is 0 Å². The largest absolute Gasteiger partial charge is 0.150 e. The molecule has 0 saturated carbocycles. The van der Waals surface area contributed by atoms with Crippen molar-refractivity contribution >= 4 is 35.5 Å². The first-order chi connectivity index (χ1) is 21.6. The third kappa shape index (κ3) is 6.86. The predicted molar refractivity (Wildman–Crippen MR) is 188 cm³/mol. The molecule has 0 nitrogen and oxygen atoms in total. The van der Waals surface area contributed by atoms with Crippen LogP contribution in [0.4, 0.5) is 0 Å². The Balaban J connectivity index is 0.000000117. The molecule has 1 heteroatoms. The summed E-state index contributed by atoms with van der Waals surface area (Å²) >= 11 is 1.46. The van der Waals surface area contributed by atoms with Crippen molar-refractivity contribution in [3.8, 4) is 11.1 Å². The molecule has 0 heterocycles. The van der Waals surface area contributed by atoms with Gasteiger partial charge < -0.3 is 0 Å². The summed E-state index contributed by atoms with van der Waals surface area (Å²) < 4.78 is 1.42. The van der Waals surface area contributed by atoms with Crippen LogP contribution in [0, 0.1) is 13.8 Å². The Kier molecular flexibility index (Phi) is 9.35. The van der Waals surface area contributed by atoms with E-state index in [1.54, 1.807) is 0 Å². The van der Waals surface area contributed by atoms with Crippen LogP contribution in [-0.4, -0.2) is 3.21 Å². The first-order valence-corrected chi connectivity index (χ1v) is 16.3. The molecule has 44 heavy (non-hydrogen) atoms. The average molecular weight is 642 g/mol. The van der Waals surface area contributed by atoms with E-state index in [9.17, 15) is 0 Å². The van der Waals surface area contributed by atoms with E-state index < -0.39 is 0 Å². The molecule has 0 aliphatic heterocycles. The Bertz CT molecular complexity index is 2030. The summed E-state index contributed by atoms with van der Waals surface area (Å²) in [5, 5.41) is 8.11. The van der Waals surface area contributed by atoms with E-state index in [0.717, 1.165) is 0 Å². The summed E-state index contributed by atoms with van der Waals surface area (Å²) in [7, 11) is 0. The molecule has 8 rings (SSSR count). The van der Waals surface area contributed by atoms with Crippen molar-refractivity contribution in [1.29, 1.82) is 0 Å². The fraction of sp³-hybridized carbons (Fsp3) is 0.0465. The van der Waals surface area contributed by atoms with Crippen LogP contribution in [0.25, 0.3) is 43.4 Å². The quantitative estimate of drug-likeness (QED) is 0.168. The summed E-state index contributed by atoms with van der Waals surface area (Å²) in [5.41, 5.74) is 7.93. The van der Waals surface area contributed by atoms with Gasteiger partial charge >= 0.3 is 99.2 Å². The maximum atomic E-state index is 2.28. The summed E-state index contributed by atoms with van der Waals surface area (Å²) in [6.45, 7) is 4.28. The molecular formula is C43H34Zr. The van der Waals surface area contributed by atoms with Gasteiger partial charge in [0.1, 0.15) is 0 Å². The molecule has 0 spiro atoms. The molecule has 0 unspecified atom stereocenters. The second-order valence-electron chi connectivity index (χ2n) is 11.1. The van der Waals surface area contributed by atoms with E-state index in [2.05, 4.69) is 184 Å². The molecule has 0 aliphatic rings. The average Bonchev–Trinajstić information content (AvgIpc) is 3.67. The summed E-state index contributed by atoms with van der Waals surface area (Å²) in [6, 6.07) is 60.1. The predicted octanol–water partition coefficient (Wildman–Crippen LogP) is 11.4. The zero-order valence-corrected chi connectivity index (χ0v) is 27.6. The third-order valence-electron chi connectivity index (χ3n) is 7.91. The van der Waals surface area contributed by atoms with Gasteiger partial charge in [-0.1, -0.05) is 77.4 Å². The molecule has 0 atom stereocenters. The van der Waals surface area contributed by atoms with Crippen LogP contribution in [0.5, 0.6) is 0 Å². The van der Waals surface area contributed by atoms with Crippen LogP contribution in [-0.2, 0) is 24.2 Å². The van der Waals surface area contributed by atoms with Gasteiger partial charge in [-0.2, -0.15) is 0 Å². The van der Waals surface area contributed by atoms with Crippen molar-refractivity contribution in [2.75, 3.05) is 0 Å². The molecule has 0 saturated heterocycles. The summed E-state index contributed by atoms with van der Waals surface area (Å²) in [6.07, 6.45) is 0. The fourth-order valence-corrected chi connectivity index (χ4v) is 6.48. The third-order valence-corrected chi connectivity index (χ3v) is 9.32. The van der Waals surface area contributed by atoms with Crippen LogP contribution in [0.3, 0.4) is 0 Å². The van der Waals surface area contributed by atoms with E-state index >= 15 is 0 Å². The normalized spacial score (nSPS) is 10.6. The van der Waals surface area contributed by atoms with Crippen LogP contribution in [0.15, 0.2) is 170 Å². The molecular weight excluding hydrogens is 608 g/mol. The molecule has 0 fully saturated rings. The van der Waals surface area contributed by atoms with E-state index in [-0.39, 0.29) is 0 Å². The molecule has 210 valence electrons. The Morgan fingerprint density at radius 1 is 0.477 bits per heavy atom. The minimum absolute atomic E-state index is 1.29. The van der Waals surface area contributed by atoms with E-state index in [1.807, 2.05) is 0 Å². The van der Waals surface area contributed by atoms with Crippen LogP contribution >= 0.6 is 0 Å². The van der Waals surface area contributed by atoms with Gasteiger partial charge in [0.15, 0.2) is 0 Å². The number of aryl methyl sites for hydroxylation is 2. The van der Waals surface area contributed by atoms with Crippen molar-refractivity contribution in [3.63, 3.8) is 0 Å². The van der Waals surface area contributed by atoms with Crippen molar-refractivity contribution in [2.45, 2.75) is 13.8 Å². The molecule has 0 N–H and O–H groups in total. The SMILES string of the molecule is Cc1ccc2c(c1)[cH-]c1cc(C)ccc12.[Zr+2]=[C](c1ccccc1)c1ccccc1.c1ccc(-c2c[cH-]c3ccccc23)cc1. The van der Waals surface area contributed by atoms with Gasteiger partial charge in [0.25, 0.3) is 0 Å². The molecule has 8 aromatic rings. The first kappa shape index (κ1) is 29.6. The Labute approximate surface area is 275 Å². The van der Waals surface area contributed by atoms with Crippen molar-refractivity contribution in [1.82, 2.24) is 0 Å². The Morgan fingerprint density at radius 3 is 1.50 bits per heavy atom. The van der Waals surface area contributed by atoms with Gasteiger partial charge in [-0.15, -0.1) is 86.4 Å². The van der Waals surface area contributed by atoms with Crippen molar-refractivity contribution in [2.24, 2.45) is 0 Å². The van der Waals surface area contributed by atoms with E-state index in [1.165, 1.54) is 93.1 Å². The van der Waals surface area contributed by atoms with Gasteiger partial charge in [-0.05, 0) is 13.8 Å². The van der Waals surface area contributed by atoms with Crippen molar-refractivity contribution < 1.29 is 24.2 Å². The molecule has 0 amide bonds. The number of hydrogen-bond acceptors (Lipinski definition) is 0. The maximum absolute atomic E-state index is 2.28. The smallest absolute Gasteiger partial charge is 0.0623 e. The monoisotopic (exact) mass is 640 g/mol. The standard InChI is InChI=1S/C15H13.C15H11.C13H10.Zr/c1-10-3-5-14-12(7-10)9-13-8-11(2)4-6-15(13)14;1-2-6-12(7-3-1)15-11-10-13-8-4-5-9-14(13)15;1-3-7-12(8-4-1)11-13-9-5-2-6-10-13;/h3-9H,1-2H3;1-11H;1-10H;/q2*-1;;+2. The second kappa shape index (κ2) is 13.9. The summed E-state index contributed by atoms with van der Waals surface area (Å²) in [5.74, 6) is 0. The molecule has 0 aromatic heterocycles. The van der Waals surface area contributed by atoms with Crippen LogP contribution in [0.2, 0.25) is 0 Å². The molecule has 0 bridgehead atoms. The minimum Gasteiger partial charge on any atom is -0.150 e. The summed E-state index contributed by atoms with van der Waals surface area (Å²) in [4.78, 5) is 0. The van der Waals surface area contributed by atoms with Gasteiger partial charge in [0.05, 0.1) is 0 Å². The zero-order chi connectivity index (χ0) is 30.3. The zero-order valence-electron chi connectivity index (χ0n) is 25.2. The number of rotatable bonds is 3. The van der Waals surface area contributed by atoms with Crippen LogP contribution in [0.1, 0.15) is 22.3 Å². The number of benzene rings is 6. The van der Waals surface area contributed by atoms with E-state index in [4.69, 9.17) is 0 Å². The van der Waals surface area contributed by atoms with Gasteiger partial charge in [0, 0.05) is 0 Å². The Hall–Kier alpha value is -4.45. The number of hydrogen-bond donors (Lipinski definition) is 0. The number of fused-ring (bicyclic) bond motifs is 4. The maximum Gasteiger partial charge on any atom is -0.0623 e. The molecule has 0 aliphatic carbocycles. The molecule has 0 radical (unpaired) electrons. The van der Waals surface area contributed by atoms with Crippen molar-refractivity contribution in [3.05, 3.63) is 192 Å². The van der Waals surface area contributed by atoms with Crippen LogP contribution < -0.4 is 0 Å². The second-order valence-corrected chi connectivity index (χ2v) is 12.4. The first-order valence-electron chi connectivity index (χ1n) is 15.0. The molecule has 8 aromatic carbocycles. The topological polar surface area (TPSA) is 0 Å². The Morgan fingerprint density at radius 2 is 0.955 bits per heavy atom. The minimum atomic E-state index is 1.29. The van der Waals surface area contributed by atoms with Gasteiger partial charge in [-0.25, -0.2) is 0 Å². The fourth-order valence-electron chi connectivity index (χ4n) is 5.66. The van der Waals surface area contributed by atoms with E-state index in [0.29, 0.717) is 0 Å². The van der Waals surface area contributed by atoms with Gasteiger partial charge in [0.2, 0.25) is 0 Å².